The Balaban J connectivity index is 2.85. The summed E-state index contributed by atoms with van der Waals surface area (Å²) >= 11 is 0. The molecule has 0 heterocycles. The Morgan fingerprint density at radius 3 is 2.63 bits per heavy atom. The van der Waals surface area contributed by atoms with Crippen molar-refractivity contribution in [3.8, 4) is 0 Å². The largest absolute Gasteiger partial charge is 0.384 e. The third-order valence-electron chi connectivity index (χ3n) is 3.75. The average molecular weight is 263 g/mol. The minimum atomic E-state index is 0.435. The van der Waals surface area contributed by atoms with E-state index in [-0.39, 0.29) is 0 Å². The molecule has 1 aromatic rings. The Kier molecular flexibility index (Phi) is 7.11. The summed E-state index contributed by atoms with van der Waals surface area (Å²) in [6.07, 6.45) is 2.29. The van der Waals surface area contributed by atoms with Gasteiger partial charge >= 0.3 is 0 Å². The van der Waals surface area contributed by atoms with E-state index in [1.165, 1.54) is 23.1 Å². The number of aryl methyl sites for hydroxylation is 1. The zero-order valence-electron chi connectivity index (χ0n) is 13.1. The standard InChI is InChI=1S/C17H29NO/c1-6-10-18-17(11-13(2)12-19-5)16-9-7-8-14(3)15(16)4/h7-9,13,17-18H,6,10-12H2,1-5H3. The van der Waals surface area contributed by atoms with Crippen molar-refractivity contribution in [2.24, 2.45) is 5.92 Å². The SMILES string of the molecule is CCCNC(CC(C)COC)c1cccc(C)c1C. The highest BCUT2D eigenvalue weighted by atomic mass is 16.5. The molecule has 19 heavy (non-hydrogen) atoms. The molecule has 0 bridgehead atoms. The van der Waals surface area contributed by atoms with Crippen molar-refractivity contribution in [3.05, 3.63) is 34.9 Å². The van der Waals surface area contributed by atoms with E-state index in [9.17, 15) is 0 Å². The minimum Gasteiger partial charge on any atom is -0.384 e. The highest BCUT2D eigenvalue weighted by Gasteiger charge is 2.17. The molecule has 0 amide bonds. The minimum absolute atomic E-state index is 0.435. The average Bonchev–Trinajstić information content (AvgIpc) is 2.38. The lowest BCUT2D eigenvalue weighted by atomic mass is 9.91. The molecule has 0 aromatic heterocycles. The predicted octanol–water partition coefficient (Wildman–Crippen LogP) is 4.02. The lowest BCUT2D eigenvalue weighted by Gasteiger charge is -2.24. The maximum atomic E-state index is 5.27. The zero-order chi connectivity index (χ0) is 14.3. The van der Waals surface area contributed by atoms with E-state index in [2.05, 4.69) is 51.2 Å². The monoisotopic (exact) mass is 263 g/mol. The Bertz CT molecular complexity index is 376. The van der Waals surface area contributed by atoms with Gasteiger partial charge in [-0.25, -0.2) is 0 Å². The Morgan fingerprint density at radius 2 is 2.00 bits per heavy atom. The molecule has 1 rings (SSSR count). The fourth-order valence-electron chi connectivity index (χ4n) is 2.55. The molecule has 2 atom stereocenters. The second-order valence-corrected chi connectivity index (χ2v) is 5.59. The first kappa shape index (κ1) is 16.2. The van der Waals surface area contributed by atoms with Gasteiger partial charge < -0.3 is 10.1 Å². The summed E-state index contributed by atoms with van der Waals surface area (Å²) in [6, 6.07) is 7.05. The Hall–Kier alpha value is -0.860. The quantitative estimate of drug-likeness (QED) is 0.765. The Morgan fingerprint density at radius 1 is 1.26 bits per heavy atom. The van der Waals surface area contributed by atoms with Gasteiger partial charge in [-0.1, -0.05) is 32.0 Å². The van der Waals surface area contributed by atoms with Gasteiger partial charge in [-0.3, -0.25) is 0 Å². The topological polar surface area (TPSA) is 21.3 Å². The zero-order valence-corrected chi connectivity index (χ0v) is 13.1. The molecule has 0 saturated carbocycles. The molecule has 2 unspecified atom stereocenters. The summed E-state index contributed by atoms with van der Waals surface area (Å²) in [4.78, 5) is 0. The van der Waals surface area contributed by atoms with Crippen LogP contribution in [-0.4, -0.2) is 20.3 Å². The number of methoxy groups -OCH3 is 1. The summed E-state index contributed by atoms with van der Waals surface area (Å²) in [5.74, 6) is 0.569. The predicted molar refractivity (Wildman–Crippen MR) is 82.6 cm³/mol. The van der Waals surface area contributed by atoms with E-state index in [1.54, 1.807) is 7.11 Å². The first-order valence-corrected chi connectivity index (χ1v) is 7.38. The van der Waals surface area contributed by atoms with Gasteiger partial charge in [-0.05, 0) is 55.8 Å². The van der Waals surface area contributed by atoms with Gasteiger partial charge in [-0.15, -0.1) is 0 Å². The summed E-state index contributed by atoms with van der Waals surface area (Å²) in [5, 5.41) is 3.69. The number of nitrogens with one attached hydrogen (secondary N) is 1. The van der Waals surface area contributed by atoms with Crippen molar-refractivity contribution in [1.29, 1.82) is 0 Å². The van der Waals surface area contributed by atoms with Crippen LogP contribution in [-0.2, 0) is 4.74 Å². The first-order chi connectivity index (χ1) is 9.10. The van der Waals surface area contributed by atoms with E-state index in [4.69, 9.17) is 4.74 Å². The van der Waals surface area contributed by atoms with E-state index >= 15 is 0 Å². The van der Waals surface area contributed by atoms with Crippen LogP contribution in [0.2, 0.25) is 0 Å². The normalized spacial score (nSPS) is 14.4. The van der Waals surface area contributed by atoms with E-state index in [0.29, 0.717) is 12.0 Å². The van der Waals surface area contributed by atoms with Gasteiger partial charge in [0.25, 0.3) is 0 Å². The van der Waals surface area contributed by atoms with E-state index in [1.807, 2.05) is 0 Å². The number of hydrogen-bond donors (Lipinski definition) is 1. The Labute approximate surface area is 118 Å². The third-order valence-corrected chi connectivity index (χ3v) is 3.75. The van der Waals surface area contributed by atoms with E-state index in [0.717, 1.165) is 19.6 Å². The third kappa shape index (κ3) is 4.96. The van der Waals surface area contributed by atoms with Crippen molar-refractivity contribution < 1.29 is 4.74 Å². The van der Waals surface area contributed by atoms with Crippen LogP contribution in [0.3, 0.4) is 0 Å². The smallest absolute Gasteiger partial charge is 0.0488 e. The highest BCUT2D eigenvalue weighted by molar-refractivity contribution is 5.35. The molecule has 0 aliphatic heterocycles. The maximum absolute atomic E-state index is 5.27. The molecule has 0 radical (unpaired) electrons. The van der Waals surface area contributed by atoms with Crippen LogP contribution >= 0.6 is 0 Å². The molecule has 2 heteroatoms. The van der Waals surface area contributed by atoms with Crippen molar-refractivity contribution in [2.75, 3.05) is 20.3 Å². The highest BCUT2D eigenvalue weighted by Crippen LogP contribution is 2.26. The number of rotatable bonds is 8. The van der Waals surface area contributed by atoms with Crippen LogP contribution in [0.25, 0.3) is 0 Å². The van der Waals surface area contributed by atoms with Crippen molar-refractivity contribution in [3.63, 3.8) is 0 Å². The molecule has 0 aliphatic carbocycles. The summed E-state index contributed by atoms with van der Waals surface area (Å²) in [7, 11) is 1.78. The fourth-order valence-corrected chi connectivity index (χ4v) is 2.55. The van der Waals surface area contributed by atoms with Crippen molar-refractivity contribution >= 4 is 0 Å². The number of benzene rings is 1. The van der Waals surface area contributed by atoms with Gasteiger partial charge in [-0.2, -0.15) is 0 Å². The fraction of sp³-hybridized carbons (Fsp3) is 0.647. The summed E-state index contributed by atoms with van der Waals surface area (Å²) in [5.41, 5.74) is 4.23. The lowest BCUT2D eigenvalue weighted by molar-refractivity contribution is 0.149. The lowest BCUT2D eigenvalue weighted by Crippen LogP contribution is -2.26. The van der Waals surface area contributed by atoms with Crippen LogP contribution in [0, 0.1) is 19.8 Å². The molecular formula is C17H29NO. The second-order valence-electron chi connectivity index (χ2n) is 5.59. The summed E-state index contributed by atoms with van der Waals surface area (Å²) < 4.78 is 5.27. The number of ether oxygens (including phenoxy) is 1. The van der Waals surface area contributed by atoms with Crippen LogP contribution in [0.1, 0.15) is 49.4 Å². The molecular weight excluding hydrogens is 234 g/mol. The molecule has 2 nitrogen and oxygen atoms in total. The van der Waals surface area contributed by atoms with Gasteiger partial charge in [0.05, 0.1) is 0 Å². The van der Waals surface area contributed by atoms with Crippen molar-refractivity contribution in [2.45, 2.75) is 46.6 Å². The van der Waals surface area contributed by atoms with Crippen LogP contribution < -0.4 is 5.32 Å². The molecule has 108 valence electrons. The first-order valence-electron chi connectivity index (χ1n) is 7.38. The maximum Gasteiger partial charge on any atom is 0.0488 e. The molecule has 0 aliphatic rings. The number of hydrogen-bond acceptors (Lipinski definition) is 2. The molecule has 0 spiro atoms. The molecule has 1 N–H and O–H groups in total. The molecule has 0 saturated heterocycles. The van der Waals surface area contributed by atoms with E-state index < -0.39 is 0 Å². The van der Waals surface area contributed by atoms with Crippen LogP contribution in [0.15, 0.2) is 18.2 Å². The van der Waals surface area contributed by atoms with Gasteiger partial charge in [0.15, 0.2) is 0 Å². The van der Waals surface area contributed by atoms with Gasteiger partial charge in [0.1, 0.15) is 0 Å². The molecule has 1 aromatic carbocycles. The van der Waals surface area contributed by atoms with Crippen LogP contribution in [0.4, 0.5) is 0 Å². The van der Waals surface area contributed by atoms with Crippen LogP contribution in [0.5, 0.6) is 0 Å². The second kappa shape index (κ2) is 8.34. The van der Waals surface area contributed by atoms with Crippen molar-refractivity contribution in [1.82, 2.24) is 5.32 Å². The van der Waals surface area contributed by atoms with Gasteiger partial charge in [0.2, 0.25) is 0 Å². The molecule has 0 fully saturated rings. The van der Waals surface area contributed by atoms with Gasteiger partial charge in [0, 0.05) is 19.8 Å². The summed E-state index contributed by atoms with van der Waals surface area (Å²) in [6.45, 7) is 10.8.